The van der Waals surface area contributed by atoms with Gasteiger partial charge in [-0.05, 0) is 55.6 Å². The highest BCUT2D eigenvalue weighted by Crippen LogP contribution is 2.31. The molecule has 0 aliphatic heterocycles. The first-order valence-electron chi connectivity index (χ1n) is 11.6. The summed E-state index contributed by atoms with van der Waals surface area (Å²) in [4.78, 5) is 31.7. The zero-order valence-electron chi connectivity index (χ0n) is 21.0. The van der Waals surface area contributed by atoms with E-state index in [1.54, 1.807) is 79.8 Å². The summed E-state index contributed by atoms with van der Waals surface area (Å²) in [6.07, 6.45) is 7.97. The molecular weight excluding hydrogens is 508 g/mol. The van der Waals surface area contributed by atoms with Crippen LogP contribution in [0.1, 0.15) is 20.7 Å². The first kappa shape index (κ1) is 26.6. The van der Waals surface area contributed by atoms with Crippen LogP contribution < -0.4 is 15.4 Å². The van der Waals surface area contributed by atoms with E-state index in [2.05, 4.69) is 15.6 Å². The van der Waals surface area contributed by atoms with Crippen LogP contribution in [0.4, 0.5) is 11.4 Å². The Hall–Kier alpha value is -4.48. The number of allylic oxidation sites excluding steroid dienone is 2. The Balaban J connectivity index is 1.68. The number of rotatable bonds is 8. The number of pyridine rings is 1. The highest BCUT2D eigenvalue weighted by atomic mass is 32.2. The molecule has 0 bridgehead atoms. The van der Waals surface area contributed by atoms with Crippen LogP contribution in [0.15, 0.2) is 73.0 Å². The summed E-state index contributed by atoms with van der Waals surface area (Å²) in [7, 11) is 2.34. The maximum absolute atomic E-state index is 13.3. The molecule has 1 amide bonds. The number of anilines is 2. The number of aromatic nitrogens is 1. The van der Waals surface area contributed by atoms with E-state index in [1.807, 2.05) is 0 Å². The molecule has 0 fully saturated rings. The second kappa shape index (κ2) is 11.7. The molecule has 1 aliphatic carbocycles. The van der Waals surface area contributed by atoms with E-state index in [-0.39, 0.29) is 23.1 Å². The average molecular weight is 535 g/mol. The Labute approximate surface area is 221 Å². The molecule has 1 aliphatic rings. The Morgan fingerprint density at radius 2 is 1.87 bits per heavy atom. The molecular formula is C27H26N4O6S. The minimum absolute atomic E-state index is 0.145. The van der Waals surface area contributed by atoms with Crippen molar-refractivity contribution in [1.82, 2.24) is 15.2 Å². The van der Waals surface area contributed by atoms with Crippen LogP contribution in [0.2, 0.25) is 0 Å². The smallest absolute Gasteiger partial charge is 0.343 e. The van der Waals surface area contributed by atoms with Crippen molar-refractivity contribution < 1.29 is 27.5 Å². The molecule has 38 heavy (non-hydrogen) atoms. The maximum atomic E-state index is 13.3. The Morgan fingerprint density at radius 1 is 1.11 bits per heavy atom. The highest BCUT2D eigenvalue weighted by molar-refractivity contribution is 7.73. The molecule has 196 valence electrons. The fourth-order valence-electron chi connectivity index (χ4n) is 3.94. The number of esters is 1. The Kier molecular flexibility index (Phi) is 8.19. The van der Waals surface area contributed by atoms with E-state index in [9.17, 15) is 18.0 Å². The topological polar surface area (TPSA) is 127 Å². The minimum Gasteiger partial charge on any atom is -0.497 e. The van der Waals surface area contributed by atoms with Crippen LogP contribution in [0.25, 0.3) is 10.9 Å². The van der Waals surface area contributed by atoms with Gasteiger partial charge in [-0.3, -0.25) is 14.7 Å². The molecule has 0 spiro atoms. The van der Waals surface area contributed by atoms with Crippen molar-refractivity contribution in [3.05, 3.63) is 84.1 Å². The fourth-order valence-corrected chi connectivity index (χ4v) is 4.58. The molecule has 0 saturated heterocycles. The van der Waals surface area contributed by atoms with Crippen molar-refractivity contribution in [3.8, 4) is 5.75 Å². The summed E-state index contributed by atoms with van der Waals surface area (Å²) in [5.74, 6) is -0.288. The van der Waals surface area contributed by atoms with Gasteiger partial charge in [0.1, 0.15) is 18.0 Å². The van der Waals surface area contributed by atoms with E-state index in [1.165, 1.54) is 19.3 Å². The van der Waals surface area contributed by atoms with E-state index in [0.717, 1.165) is 0 Å². The summed E-state index contributed by atoms with van der Waals surface area (Å²) < 4.78 is 34.0. The van der Waals surface area contributed by atoms with E-state index in [4.69, 9.17) is 9.47 Å². The quantitative estimate of drug-likeness (QED) is 0.255. The molecule has 1 unspecified atom stereocenters. The van der Waals surface area contributed by atoms with E-state index >= 15 is 0 Å². The lowest BCUT2D eigenvalue weighted by molar-refractivity contribution is 0.0267. The number of methoxy groups -OCH3 is 1. The summed E-state index contributed by atoms with van der Waals surface area (Å²) in [5, 5.41) is 6.39. The van der Waals surface area contributed by atoms with Crippen LogP contribution in [-0.2, 0) is 15.0 Å². The van der Waals surface area contributed by atoms with Crippen LogP contribution in [0.3, 0.4) is 0 Å². The molecule has 1 atom stereocenters. The lowest BCUT2D eigenvalue weighted by Crippen LogP contribution is -2.39. The van der Waals surface area contributed by atoms with Gasteiger partial charge in [-0.15, -0.1) is 0 Å². The van der Waals surface area contributed by atoms with Gasteiger partial charge in [0.15, 0.2) is 0 Å². The number of fused-ring (bicyclic) bond motifs is 1. The van der Waals surface area contributed by atoms with Gasteiger partial charge in [0, 0.05) is 29.9 Å². The van der Waals surface area contributed by atoms with Crippen molar-refractivity contribution in [2.24, 2.45) is 0 Å². The molecule has 1 heterocycles. The molecule has 3 aromatic rings. The number of hydrogen-bond acceptors (Lipinski definition) is 9. The van der Waals surface area contributed by atoms with Gasteiger partial charge < -0.3 is 20.1 Å². The molecule has 1 aromatic heterocycles. The summed E-state index contributed by atoms with van der Waals surface area (Å²) in [6.45, 7) is -0.180. The van der Waals surface area contributed by atoms with Gasteiger partial charge in [0.05, 0.1) is 29.2 Å². The third kappa shape index (κ3) is 5.74. The van der Waals surface area contributed by atoms with Crippen molar-refractivity contribution in [2.45, 2.75) is 6.04 Å². The van der Waals surface area contributed by atoms with Gasteiger partial charge in [-0.1, -0.05) is 18.2 Å². The highest BCUT2D eigenvalue weighted by Gasteiger charge is 2.23. The standard InChI is InChI=1S/C27H26N4O6S/c1-28-26(32)17-8-13-22-20(14-17)25(30-18-9-11-19(36-3)12-10-18)21(15-29-22)27(33)37-16-31(2)23-6-4-5-7-24(23)38(34)35/h4-15,23H,16H2,1-3H3,(H,28,32)(H,29,30). The number of carbonyl (C=O) groups excluding carboxylic acids is 2. The lowest BCUT2D eigenvalue weighted by Gasteiger charge is -2.25. The second-order valence-electron chi connectivity index (χ2n) is 8.36. The molecule has 10 nitrogen and oxygen atoms in total. The van der Waals surface area contributed by atoms with E-state index < -0.39 is 22.3 Å². The number of likely N-dealkylation sites (N-methyl/N-ethyl adjacent to an activating group) is 1. The van der Waals surface area contributed by atoms with Gasteiger partial charge in [0.25, 0.3) is 5.91 Å². The van der Waals surface area contributed by atoms with Crippen LogP contribution in [0, 0.1) is 0 Å². The third-order valence-electron chi connectivity index (χ3n) is 5.96. The molecule has 11 heteroatoms. The van der Waals surface area contributed by atoms with Gasteiger partial charge in [0.2, 0.25) is 10.3 Å². The van der Waals surface area contributed by atoms with Gasteiger partial charge >= 0.3 is 5.97 Å². The number of carbonyl (C=O) groups is 2. The molecule has 2 aromatic carbocycles. The van der Waals surface area contributed by atoms with Crippen molar-refractivity contribution in [2.75, 3.05) is 33.3 Å². The van der Waals surface area contributed by atoms with Gasteiger partial charge in [-0.2, -0.15) is 8.42 Å². The largest absolute Gasteiger partial charge is 0.497 e. The monoisotopic (exact) mass is 534 g/mol. The Morgan fingerprint density at radius 3 is 2.55 bits per heavy atom. The number of ether oxygens (including phenoxy) is 2. The van der Waals surface area contributed by atoms with E-state index in [0.29, 0.717) is 33.6 Å². The summed E-state index contributed by atoms with van der Waals surface area (Å²) in [6, 6.07) is 11.6. The number of nitrogens with one attached hydrogen (secondary N) is 2. The van der Waals surface area contributed by atoms with Crippen molar-refractivity contribution >= 4 is 49.3 Å². The van der Waals surface area contributed by atoms with Gasteiger partial charge in [-0.25, -0.2) is 4.79 Å². The van der Waals surface area contributed by atoms with Crippen LogP contribution in [0.5, 0.6) is 5.75 Å². The second-order valence-corrected chi connectivity index (χ2v) is 9.30. The molecule has 0 radical (unpaired) electrons. The number of benzene rings is 2. The number of hydrogen-bond donors (Lipinski definition) is 2. The maximum Gasteiger partial charge on any atom is 0.343 e. The number of nitrogens with zero attached hydrogens (tertiary/aromatic N) is 2. The Bertz CT molecular complexity index is 1570. The first-order valence-corrected chi connectivity index (χ1v) is 12.6. The van der Waals surface area contributed by atoms with Crippen LogP contribution >= 0.6 is 0 Å². The minimum atomic E-state index is -2.42. The first-order chi connectivity index (χ1) is 18.3. The molecule has 0 saturated carbocycles. The van der Waals surface area contributed by atoms with Crippen molar-refractivity contribution in [3.63, 3.8) is 0 Å². The SMILES string of the molecule is CNC(=O)c1ccc2ncc(C(=O)OCN(C)C3C=CC=CC3=S(=O)=O)c(Nc3ccc(OC)cc3)c2c1. The van der Waals surface area contributed by atoms with Crippen molar-refractivity contribution in [1.29, 1.82) is 0 Å². The predicted molar refractivity (Wildman–Crippen MR) is 145 cm³/mol. The zero-order chi connectivity index (χ0) is 27.2. The normalized spacial score (nSPS) is 14.4. The third-order valence-corrected chi connectivity index (χ3v) is 6.72. The molecule has 4 rings (SSSR count). The lowest BCUT2D eigenvalue weighted by atomic mass is 10.1. The number of amides is 1. The average Bonchev–Trinajstić information content (AvgIpc) is 2.95. The fraction of sp³-hybridized carbons (Fsp3) is 0.185. The predicted octanol–water partition coefficient (Wildman–Crippen LogP) is 2.94. The summed E-state index contributed by atoms with van der Waals surface area (Å²) >= 11 is 0. The van der Waals surface area contributed by atoms with Crippen LogP contribution in [-0.4, -0.2) is 69.0 Å². The zero-order valence-corrected chi connectivity index (χ0v) is 21.8. The summed E-state index contributed by atoms with van der Waals surface area (Å²) in [5.41, 5.74) is 2.19. The molecule has 2 N–H and O–H groups in total.